The monoisotopic (exact) mass is 464 g/mol. The lowest BCUT2D eigenvalue weighted by molar-refractivity contribution is -0.117. The van der Waals surface area contributed by atoms with E-state index in [1.54, 1.807) is 0 Å². The number of aromatic nitrogens is 1. The van der Waals surface area contributed by atoms with Crippen LogP contribution in [-0.4, -0.2) is 54.5 Å². The third-order valence-electron chi connectivity index (χ3n) is 5.74. The van der Waals surface area contributed by atoms with Crippen molar-refractivity contribution in [1.82, 2.24) is 9.88 Å². The van der Waals surface area contributed by atoms with Gasteiger partial charge in [0.25, 0.3) is 0 Å². The molecule has 7 nitrogen and oxygen atoms in total. The molecule has 1 aliphatic heterocycles. The van der Waals surface area contributed by atoms with Crippen LogP contribution in [0.5, 0.6) is 0 Å². The minimum absolute atomic E-state index is 0.0571. The quantitative estimate of drug-likeness (QED) is 0.446. The Kier molecular flexibility index (Phi) is 8.06. The van der Waals surface area contributed by atoms with Gasteiger partial charge in [-0.15, -0.1) is 0 Å². The van der Waals surface area contributed by atoms with E-state index in [4.69, 9.17) is 4.74 Å². The fourth-order valence-electron chi connectivity index (χ4n) is 3.84. The van der Waals surface area contributed by atoms with Gasteiger partial charge in [-0.05, 0) is 42.3 Å². The maximum absolute atomic E-state index is 14.2. The molecular formula is C26H29FN4O3. The molecule has 1 saturated heterocycles. The third kappa shape index (κ3) is 6.76. The number of anilines is 2. The van der Waals surface area contributed by atoms with E-state index in [0.29, 0.717) is 31.9 Å². The van der Waals surface area contributed by atoms with Gasteiger partial charge in [-0.3, -0.25) is 14.5 Å². The average molecular weight is 465 g/mol. The number of hydrogen-bond donors (Lipinski definition) is 3. The van der Waals surface area contributed by atoms with Gasteiger partial charge in [0.15, 0.2) is 0 Å². The van der Waals surface area contributed by atoms with E-state index in [1.807, 2.05) is 42.5 Å². The smallest absolute Gasteiger partial charge is 0.225 e. The number of nitrogens with zero attached hydrogens (tertiary/aromatic N) is 1. The zero-order valence-electron chi connectivity index (χ0n) is 19.0. The van der Waals surface area contributed by atoms with Crippen LogP contribution in [0.4, 0.5) is 15.8 Å². The number of rotatable bonds is 9. The normalized spacial score (nSPS) is 14.0. The van der Waals surface area contributed by atoms with Crippen LogP contribution in [0.3, 0.4) is 0 Å². The Hall–Kier alpha value is -3.49. The van der Waals surface area contributed by atoms with Crippen LogP contribution < -0.4 is 10.6 Å². The molecule has 1 fully saturated rings. The first-order chi connectivity index (χ1) is 16.6. The number of ether oxygens (including phenoxy) is 1. The molecule has 0 aliphatic carbocycles. The molecule has 34 heavy (non-hydrogen) atoms. The molecule has 2 aromatic carbocycles. The summed E-state index contributed by atoms with van der Waals surface area (Å²) in [5, 5.41) is 5.39. The summed E-state index contributed by atoms with van der Waals surface area (Å²) >= 11 is 0. The first kappa shape index (κ1) is 23.7. The van der Waals surface area contributed by atoms with Crippen molar-refractivity contribution >= 4 is 23.2 Å². The zero-order chi connectivity index (χ0) is 23.8. The number of carbonyl (C=O) groups is 2. The van der Waals surface area contributed by atoms with Crippen molar-refractivity contribution in [2.75, 3.05) is 43.5 Å². The van der Waals surface area contributed by atoms with Crippen molar-refractivity contribution in [2.45, 2.75) is 19.3 Å². The van der Waals surface area contributed by atoms with E-state index in [2.05, 4.69) is 20.5 Å². The minimum atomic E-state index is -0.544. The summed E-state index contributed by atoms with van der Waals surface area (Å²) in [7, 11) is 0. The molecule has 8 heteroatoms. The van der Waals surface area contributed by atoms with Crippen LogP contribution in [0.15, 0.2) is 60.7 Å². The molecule has 3 N–H and O–H groups in total. The fraction of sp³-hybridized carbons (Fsp3) is 0.308. The molecule has 0 saturated carbocycles. The van der Waals surface area contributed by atoms with E-state index in [9.17, 15) is 14.0 Å². The Morgan fingerprint density at radius 2 is 1.71 bits per heavy atom. The number of morpholine rings is 1. The summed E-state index contributed by atoms with van der Waals surface area (Å²) in [6.45, 7) is 3.50. The molecule has 0 radical (unpaired) electrons. The van der Waals surface area contributed by atoms with E-state index in [0.717, 1.165) is 30.0 Å². The summed E-state index contributed by atoms with van der Waals surface area (Å²) in [4.78, 5) is 30.2. The molecule has 1 aromatic heterocycles. The second-order valence-electron chi connectivity index (χ2n) is 8.26. The molecule has 0 bridgehead atoms. The first-order valence-electron chi connectivity index (χ1n) is 11.5. The largest absolute Gasteiger partial charge is 0.379 e. The summed E-state index contributed by atoms with van der Waals surface area (Å²) in [6.07, 6.45) is 1.08. The second-order valence-corrected chi connectivity index (χ2v) is 8.26. The molecule has 0 unspecified atom stereocenters. The van der Waals surface area contributed by atoms with Crippen LogP contribution in [0.1, 0.15) is 18.5 Å². The standard InChI is InChI=1S/C26H29FN4O3/c27-22-9-6-21(18-24(22)30-26(33)12-13-31-14-16-34-17-15-31)29-25(32)11-8-20-7-10-23(28-20)19-4-2-1-3-5-19/h1-7,9-10,18,28H,8,11-17H2,(H,29,32)(H,30,33). The molecule has 2 heterocycles. The summed E-state index contributed by atoms with van der Waals surface area (Å²) in [5.74, 6) is -1.00. The Labute approximate surface area is 198 Å². The number of H-pyrrole nitrogens is 1. The van der Waals surface area contributed by atoms with Crippen molar-refractivity contribution < 1.29 is 18.7 Å². The van der Waals surface area contributed by atoms with Gasteiger partial charge in [-0.1, -0.05) is 30.3 Å². The van der Waals surface area contributed by atoms with E-state index in [1.165, 1.54) is 18.2 Å². The molecule has 0 spiro atoms. The topological polar surface area (TPSA) is 86.5 Å². The number of aryl methyl sites for hydroxylation is 1. The summed E-state index contributed by atoms with van der Waals surface area (Å²) in [6, 6.07) is 18.1. The van der Waals surface area contributed by atoms with Crippen LogP contribution in [0.2, 0.25) is 0 Å². The number of aromatic amines is 1. The Morgan fingerprint density at radius 1 is 0.941 bits per heavy atom. The maximum atomic E-state index is 14.2. The van der Waals surface area contributed by atoms with Crippen LogP contribution in [-0.2, 0) is 20.7 Å². The van der Waals surface area contributed by atoms with Gasteiger partial charge in [-0.25, -0.2) is 4.39 Å². The summed E-state index contributed by atoms with van der Waals surface area (Å²) in [5.41, 5.74) is 3.54. The van der Waals surface area contributed by atoms with Crippen molar-refractivity contribution in [1.29, 1.82) is 0 Å². The number of halogens is 1. The first-order valence-corrected chi connectivity index (χ1v) is 11.5. The SMILES string of the molecule is O=C(CCc1ccc(-c2ccccc2)[nH]1)Nc1ccc(F)c(NC(=O)CCN2CCOCC2)c1. The molecule has 1 aliphatic rings. The molecule has 0 atom stereocenters. The van der Waals surface area contributed by atoms with Gasteiger partial charge < -0.3 is 20.4 Å². The van der Waals surface area contributed by atoms with E-state index < -0.39 is 5.82 Å². The highest BCUT2D eigenvalue weighted by Crippen LogP contribution is 2.21. The van der Waals surface area contributed by atoms with Gasteiger partial charge in [0.2, 0.25) is 11.8 Å². The minimum Gasteiger partial charge on any atom is -0.379 e. The van der Waals surface area contributed by atoms with Crippen LogP contribution in [0, 0.1) is 5.82 Å². The van der Waals surface area contributed by atoms with Gasteiger partial charge in [-0.2, -0.15) is 0 Å². The van der Waals surface area contributed by atoms with Gasteiger partial charge in [0, 0.05) is 49.6 Å². The number of nitrogens with one attached hydrogen (secondary N) is 3. The number of amides is 2. The zero-order valence-corrected chi connectivity index (χ0v) is 19.0. The highest BCUT2D eigenvalue weighted by Gasteiger charge is 2.14. The Balaban J connectivity index is 1.26. The van der Waals surface area contributed by atoms with Crippen molar-refractivity contribution in [3.63, 3.8) is 0 Å². The molecule has 3 aromatic rings. The van der Waals surface area contributed by atoms with Crippen molar-refractivity contribution in [2.24, 2.45) is 0 Å². The highest BCUT2D eigenvalue weighted by molar-refractivity contribution is 5.94. The molecule has 178 valence electrons. The maximum Gasteiger partial charge on any atom is 0.225 e. The number of hydrogen-bond acceptors (Lipinski definition) is 4. The highest BCUT2D eigenvalue weighted by atomic mass is 19.1. The lowest BCUT2D eigenvalue weighted by atomic mass is 10.2. The van der Waals surface area contributed by atoms with Crippen LogP contribution in [0.25, 0.3) is 11.3 Å². The van der Waals surface area contributed by atoms with Crippen LogP contribution >= 0.6 is 0 Å². The predicted octanol–water partition coefficient (Wildman–Crippen LogP) is 4.05. The molecule has 4 rings (SSSR count). The van der Waals surface area contributed by atoms with Crippen molar-refractivity contribution in [3.05, 3.63) is 72.2 Å². The lowest BCUT2D eigenvalue weighted by Gasteiger charge is -2.26. The third-order valence-corrected chi connectivity index (χ3v) is 5.74. The van der Waals surface area contributed by atoms with E-state index in [-0.39, 0.29) is 30.3 Å². The number of benzene rings is 2. The van der Waals surface area contributed by atoms with Gasteiger partial charge >= 0.3 is 0 Å². The summed E-state index contributed by atoms with van der Waals surface area (Å²) < 4.78 is 19.5. The van der Waals surface area contributed by atoms with E-state index >= 15 is 0 Å². The molecule has 2 amide bonds. The van der Waals surface area contributed by atoms with Crippen molar-refractivity contribution in [3.8, 4) is 11.3 Å². The lowest BCUT2D eigenvalue weighted by Crippen LogP contribution is -2.38. The van der Waals surface area contributed by atoms with Gasteiger partial charge in [0.1, 0.15) is 5.82 Å². The predicted molar refractivity (Wildman–Crippen MR) is 130 cm³/mol. The Bertz CT molecular complexity index is 1110. The Morgan fingerprint density at radius 3 is 2.50 bits per heavy atom. The second kappa shape index (κ2) is 11.6. The average Bonchev–Trinajstić information content (AvgIpc) is 3.34. The van der Waals surface area contributed by atoms with Gasteiger partial charge in [0.05, 0.1) is 18.9 Å². The molecular weight excluding hydrogens is 435 g/mol. The fourth-order valence-corrected chi connectivity index (χ4v) is 3.84. The number of carbonyl (C=O) groups excluding carboxylic acids is 2.